The van der Waals surface area contributed by atoms with Crippen LogP contribution in [0.5, 0.6) is 5.75 Å². The maximum absolute atomic E-state index is 12.4. The lowest BCUT2D eigenvalue weighted by atomic mass is 10.0. The highest BCUT2D eigenvalue weighted by atomic mass is 16.5. The molecule has 0 unspecified atom stereocenters. The zero-order valence-corrected chi connectivity index (χ0v) is 14.0. The summed E-state index contributed by atoms with van der Waals surface area (Å²) in [5.41, 5.74) is 2.61. The predicted octanol–water partition coefficient (Wildman–Crippen LogP) is 2.84. The Morgan fingerprint density at radius 1 is 1.21 bits per heavy atom. The van der Waals surface area contributed by atoms with Crippen LogP contribution in [0.2, 0.25) is 0 Å². The van der Waals surface area contributed by atoms with Gasteiger partial charge in [0.2, 0.25) is 5.91 Å². The summed E-state index contributed by atoms with van der Waals surface area (Å²) >= 11 is 0. The molecule has 3 aromatic rings. The average Bonchev–Trinajstić information content (AvgIpc) is 3.16. The standard InChI is InChI=1S/C18H20N4O2/c1-13-17(14-8-4-5-9-15(14)24-3)18(21(2)20-13)19-16(23)12-22-10-6-7-11-22/h4-11H,12H2,1-3H3,(H,19,23). The van der Waals surface area contributed by atoms with E-state index in [0.717, 1.165) is 22.6 Å². The lowest BCUT2D eigenvalue weighted by molar-refractivity contribution is -0.116. The number of hydrogen-bond donors (Lipinski definition) is 1. The Kier molecular flexibility index (Phi) is 4.37. The molecule has 3 rings (SSSR count). The second-order valence-corrected chi connectivity index (χ2v) is 5.54. The molecular formula is C18H20N4O2. The van der Waals surface area contributed by atoms with Gasteiger partial charge in [0.1, 0.15) is 18.1 Å². The summed E-state index contributed by atoms with van der Waals surface area (Å²) in [7, 11) is 3.45. The van der Waals surface area contributed by atoms with E-state index < -0.39 is 0 Å². The normalized spacial score (nSPS) is 10.6. The zero-order valence-electron chi connectivity index (χ0n) is 14.0. The van der Waals surface area contributed by atoms with Crippen molar-refractivity contribution in [2.45, 2.75) is 13.5 Å². The molecule has 1 aromatic carbocycles. The largest absolute Gasteiger partial charge is 0.496 e. The number of rotatable bonds is 5. The number of aryl methyl sites for hydroxylation is 2. The van der Waals surface area contributed by atoms with Gasteiger partial charge in [-0.1, -0.05) is 18.2 Å². The molecule has 6 heteroatoms. The molecule has 0 fully saturated rings. The third-order valence-electron chi connectivity index (χ3n) is 3.85. The van der Waals surface area contributed by atoms with E-state index in [2.05, 4.69) is 10.4 Å². The maximum Gasteiger partial charge on any atom is 0.245 e. The number of amides is 1. The molecule has 0 aliphatic rings. The molecule has 0 atom stereocenters. The Balaban J connectivity index is 1.95. The SMILES string of the molecule is COc1ccccc1-c1c(C)nn(C)c1NC(=O)Cn1cccc1. The fraction of sp³-hybridized carbons (Fsp3) is 0.222. The van der Waals surface area contributed by atoms with Crippen molar-refractivity contribution in [2.24, 2.45) is 7.05 Å². The van der Waals surface area contributed by atoms with Gasteiger partial charge in [-0.25, -0.2) is 0 Å². The molecule has 0 saturated carbocycles. The van der Waals surface area contributed by atoms with E-state index in [1.165, 1.54) is 0 Å². The summed E-state index contributed by atoms with van der Waals surface area (Å²) in [6.07, 6.45) is 3.71. The van der Waals surface area contributed by atoms with Gasteiger partial charge in [0.15, 0.2) is 0 Å². The minimum absolute atomic E-state index is 0.106. The Morgan fingerprint density at radius 3 is 2.62 bits per heavy atom. The first-order chi connectivity index (χ1) is 11.6. The highest BCUT2D eigenvalue weighted by Crippen LogP contribution is 2.37. The number of methoxy groups -OCH3 is 1. The van der Waals surface area contributed by atoms with Crippen molar-refractivity contribution in [3.63, 3.8) is 0 Å². The van der Waals surface area contributed by atoms with E-state index in [4.69, 9.17) is 4.74 Å². The van der Waals surface area contributed by atoms with Gasteiger partial charge in [0.05, 0.1) is 18.4 Å². The molecule has 0 spiro atoms. The molecule has 1 amide bonds. The van der Waals surface area contributed by atoms with Gasteiger partial charge in [-0.05, 0) is 25.1 Å². The highest BCUT2D eigenvalue weighted by Gasteiger charge is 2.20. The number of carbonyl (C=O) groups excluding carboxylic acids is 1. The lowest BCUT2D eigenvalue weighted by Crippen LogP contribution is -2.20. The molecule has 1 N–H and O–H groups in total. The van der Waals surface area contributed by atoms with Crippen molar-refractivity contribution >= 4 is 11.7 Å². The van der Waals surface area contributed by atoms with Gasteiger partial charge in [-0.15, -0.1) is 0 Å². The number of hydrogen-bond acceptors (Lipinski definition) is 3. The second kappa shape index (κ2) is 6.62. The molecule has 124 valence electrons. The summed E-state index contributed by atoms with van der Waals surface area (Å²) in [6, 6.07) is 11.5. The van der Waals surface area contributed by atoms with Crippen molar-refractivity contribution in [1.29, 1.82) is 0 Å². The van der Waals surface area contributed by atoms with E-state index in [1.807, 2.05) is 67.3 Å². The second-order valence-electron chi connectivity index (χ2n) is 5.54. The van der Waals surface area contributed by atoms with Gasteiger partial charge in [0, 0.05) is 25.0 Å². The number of nitrogens with one attached hydrogen (secondary N) is 1. The van der Waals surface area contributed by atoms with Crippen molar-refractivity contribution in [3.8, 4) is 16.9 Å². The highest BCUT2D eigenvalue weighted by molar-refractivity contribution is 5.95. The first-order valence-corrected chi connectivity index (χ1v) is 7.67. The van der Waals surface area contributed by atoms with Crippen LogP contribution in [0.25, 0.3) is 11.1 Å². The fourth-order valence-corrected chi connectivity index (χ4v) is 2.79. The number of carbonyl (C=O) groups is 1. The van der Waals surface area contributed by atoms with Crippen LogP contribution in [0.15, 0.2) is 48.8 Å². The number of para-hydroxylation sites is 1. The van der Waals surface area contributed by atoms with Crippen LogP contribution < -0.4 is 10.1 Å². The van der Waals surface area contributed by atoms with Gasteiger partial charge in [-0.2, -0.15) is 5.10 Å². The number of anilines is 1. The molecule has 0 radical (unpaired) electrons. The van der Waals surface area contributed by atoms with Crippen molar-refractivity contribution in [2.75, 3.05) is 12.4 Å². The van der Waals surface area contributed by atoms with Gasteiger partial charge >= 0.3 is 0 Å². The Morgan fingerprint density at radius 2 is 1.92 bits per heavy atom. The molecular weight excluding hydrogens is 304 g/mol. The molecule has 2 heterocycles. The number of benzene rings is 1. The number of nitrogens with zero attached hydrogens (tertiary/aromatic N) is 3. The molecule has 0 aliphatic carbocycles. The van der Waals surface area contributed by atoms with Crippen LogP contribution in [0, 0.1) is 6.92 Å². The predicted molar refractivity (Wildman–Crippen MR) is 93.0 cm³/mol. The zero-order chi connectivity index (χ0) is 17.1. The van der Waals surface area contributed by atoms with Crippen molar-refractivity contribution < 1.29 is 9.53 Å². The third-order valence-corrected chi connectivity index (χ3v) is 3.85. The Hall–Kier alpha value is -3.02. The molecule has 24 heavy (non-hydrogen) atoms. The number of ether oxygens (including phenoxy) is 1. The monoisotopic (exact) mass is 324 g/mol. The first kappa shape index (κ1) is 15.9. The molecule has 0 saturated heterocycles. The average molecular weight is 324 g/mol. The van der Waals surface area contributed by atoms with Crippen LogP contribution in [0.4, 0.5) is 5.82 Å². The first-order valence-electron chi connectivity index (χ1n) is 7.67. The van der Waals surface area contributed by atoms with Gasteiger partial charge in [0.25, 0.3) is 0 Å². The van der Waals surface area contributed by atoms with Crippen molar-refractivity contribution in [1.82, 2.24) is 14.3 Å². The van der Waals surface area contributed by atoms with E-state index in [0.29, 0.717) is 5.82 Å². The van der Waals surface area contributed by atoms with Crippen LogP contribution in [0.3, 0.4) is 0 Å². The van der Waals surface area contributed by atoms with Crippen molar-refractivity contribution in [3.05, 3.63) is 54.5 Å². The summed E-state index contributed by atoms with van der Waals surface area (Å²) < 4.78 is 8.96. The number of aromatic nitrogens is 3. The van der Waals surface area contributed by atoms with E-state index in [-0.39, 0.29) is 12.5 Å². The molecule has 2 aromatic heterocycles. The van der Waals surface area contributed by atoms with E-state index in [1.54, 1.807) is 11.8 Å². The minimum atomic E-state index is -0.106. The fourth-order valence-electron chi connectivity index (χ4n) is 2.79. The Bertz CT molecular complexity index is 850. The Labute approximate surface area is 140 Å². The molecule has 0 aliphatic heterocycles. The minimum Gasteiger partial charge on any atom is -0.496 e. The maximum atomic E-state index is 12.4. The molecule has 6 nitrogen and oxygen atoms in total. The molecule has 0 bridgehead atoms. The van der Waals surface area contributed by atoms with Gasteiger partial charge < -0.3 is 14.6 Å². The topological polar surface area (TPSA) is 61.1 Å². The van der Waals surface area contributed by atoms with Crippen LogP contribution in [-0.4, -0.2) is 27.4 Å². The summed E-state index contributed by atoms with van der Waals surface area (Å²) in [6.45, 7) is 2.17. The van der Waals surface area contributed by atoms with Crippen LogP contribution in [-0.2, 0) is 18.4 Å². The van der Waals surface area contributed by atoms with E-state index in [9.17, 15) is 4.79 Å². The van der Waals surface area contributed by atoms with Crippen LogP contribution >= 0.6 is 0 Å². The smallest absolute Gasteiger partial charge is 0.245 e. The van der Waals surface area contributed by atoms with E-state index >= 15 is 0 Å². The van der Waals surface area contributed by atoms with Crippen LogP contribution in [0.1, 0.15) is 5.69 Å². The van der Waals surface area contributed by atoms with Gasteiger partial charge in [-0.3, -0.25) is 9.48 Å². The summed E-state index contributed by atoms with van der Waals surface area (Å²) in [5, 5.41) is 7.43. The summed E-state index contributed by atoms with van der Waals surface area (Å²) in [4.78, 5) is 12.4. The lowest BCUT2D eigenvalue weighted by Gasteiger charge is -2.12. The quantitative estimate of drug-likeness (QED) is 0.785. The summed E-state index contributed by atoms with van der Waals surface area (Å²) in [5.74, 6) is 1.30. The third kappa shape index (κ3) is 3.03.